The van der Waals surface area contributed by atoms with Crippen molar-refractivity contribution >= 4 is 28.8 Å². The summed E-state index contributed by atoms with van der Waals surface area (Å²) in [6.45, 7) is 6.51. The Bertz CT molecular complexity index is 1600. The molecule has 0 aromatic heterocycles. The molecule has 3 aromatic rings. The van der Waals surface area contributed by atoms with Gasteiger partial charge in [-0.3, -0.25) is 19.7 Å². The van der Waals surface area contributed by atoms with Crippen LogP contribution in [0.4, 0.5) is 24.5 Å². The van der Waals surface area contributed by atoms with Crippen molar-refractivity contribution in [2.75, 3.05) is 31.1 Å². The van der Waals surface area contributed by atoms with Gasteiger partial charge in [0.15, 0.2) is 5.60 Å². The number of allylic oxidation sites excluding steroid dienone is 1. The molecule has 0 spiro atoms. The molecule has 9 nitrogen and oxygen atoms in total. The fraction of sp³-hybridized carbons (Fsp3) is 0.421. The first-order valence-corrected chi connectivity index (χ1v) is 16.8. The Kier molecular flexibility index (Phi) is 14.6. The van der Waals surface area contributed by atoms with E-state index in [0.717, 1.165) is 29.8 Å². The molecule has 1 heterocycles. The van der Waals surface area contributed by atoms with Crippen LogP contribution in [0, 0.1) is 17.0 Å². The molecule has 1 atom stereocenters. The Morgan fingerprint density at radius 3 is 2.08 bits per heavy atom. The second-order valence-electron chi connectivity index (χ2n) is 12.3. The highest BCUT2D eigenvalue weighted by Crippen LogP contribution is 2.45. The van der Waals surface area contributed by atoms with E-state index in [1.807, 2.05) is 42.2 Å². The second kappa shape index (κ2) is 18.3. The van der Waals surface area contributed by atoms with E-state index in [4.69, 9.17) is 5.11 Å². The third kappa shape index (κ3) is 10.9. The summed E-state index contributed by atoms with van der Waals surface area (Å²) in [6.07, 6.45) is -2.10. The molecule has 0 bridgehead atoms. The molecule has 4 rings (SSSR count). The van der Waals surface area contributed by atoms with Crippen molar-refractivity contribution in [2.45, 2.75) is 77.5 Å². The Hall–Kier alpha value is -4.71. The van der Waals surface area contributed by atoms with E-state index in [1.165, 1.54) is 29.5 Å². The Morgan fingerprint density at radius 1 is 0.940 bits per heavy atom. The minimum absolute atomic E-state index is 0.000879. The summed E-state index contributed by atoms with van der Waals surface area (Å²) >= 11 is 0. The van der Waals surface area contributed by atoms with Crippen LogP contribution in [-0.4, -0.2) is 69.9 Å². The zero-order valence-electron chi connectivity index (χ0n) is 28.8. The monoisotopic (exact) mass is 697 g/mol. The van der Waals surface area contributed by atoms with Gasteiger partial charge in [-0.2, -0.15) is 13.2 Å². The van der Waals surface area contributed by atoms with Gasteiger partial charge in [0.1, 0.15) is 0 Å². The number of non-ortho nitro benzene ring substituents is 1. The number of anilines is 1. The highest BCUT2D eigenvalue weighted by Gasteiger charge is 2.58. The zero-order chi connectivity index (χ0) is 36.9. The third-order valence-corrected chi connectivity index (χ3v) is 8.75. The predicted octanol–water partition coefficient (Wildman–Crippen LogP) is 7.78. The molecule has 0 radical (unpaired) electrons. The zero-order valence-corrected chi connectivity index (χ0v) is 28.8. The number of benzene rings is 3. The topological polar surface area (TPSA) is 124 Å². The van der Waals surface area contributed by atoms with Crippen molar-refractivity contribution in [1.82, 2.24) is 4.90 Å². The van der Waals surface area contributed by atoms with Crippen LogP contribution >= 0.6 is 0 Å². The molecule has 1 fully saturated rings. The van der Waals surface area contributed by atoms with Crippen LogP contribution < -0.4 is 4.90 Å². The molecular formula is C38H46F3N3O6. The number of piperazine rings is 1. The summed E-state index contributed by atoms with van der Waals surface area (Å²) < 4.78 is 43.9. The van der Waals surface area contributed by atoms with Gasteiger partial charge in [0, 0.05) is 50.4 Å². The fourth-order valence-electron chi connectivity index (χ4n) is 5.75. The van der Waals surface area contributed by atoms with Gasteiger partial charge in [-0.25, -0.2) is 0 Å². The Balaban J connectivity index is 0.000000740. The maximum absolute atomic E-state index is 14.6. The number of carbonyl (C=O) groups is 2. The largest absolute Gasteiger partial charge is 0.481 e. The number of rotatable bonds is 13. The van der Waals surface area contributed by atoms with Crippen molar-refractivity contribution in [1.29, 1.82) is 0 Å². The van der Waals surface area contributed by atoms with Gasteiger partial charge in [-0.05, 0) is 72.2 Å². The first-order chi connectivity index (χ1) is 23.7. The number of hydrogen-bond acceptors (Lipinski definition) is 6. The molecule has 2 N–H and O–H groups in total. The van der Waals surface area contributed by atoms with Crippen LogP contribution in [0.15, 0.2) is 78.9 Å². The quantitative estimate of drug-likeness (QED) is 0.106. The van der Waals surface area contributed by atoms with Gasteiger partial charge in [0.2, 0.25) is 5.91 Å². The van der Waals surface area contributed by atoms with Crippen molar-refractivity contribution in [2.24, 2.45) is 0 Å². The minimum atomic E-state index is -5.20. The van der Waals surface area contributed by atoms with Gasteiger partial charge >= 0.3 is 12.1 Å². The van der Waals surface area contributed by atoms with Crippen molar-refractivity contribution in [3.63, 3.8) is 0 Å². The van der Waals surface area contributed by atoms with E-state index < -0.39 is 40.6 Å². The molecule has 1 aliphatic heterocycles. The van der Waals surface area contributed by atoms with E-state index >= 15 is 0 Å². The number of carbonyl (C=O) groups excluding carboxylic acids is 1. The number of nitrogens with zero attached hydrogens (tertiary/aromatic N) is 3. The number of halogens is 3. The number of nitro benzene ring substituents is 1. The van der Waals surface area contributed by atoms with Gasteiger partial charge < -0.3 is 20.0 Å². The first-order valence-electron chi connectivity index (χ1n) is 16.8. The number of carboxylic acids is 1. The number of amides is 1. The van der Waals surface area contributed by atoms with Crippen LogP contribution in [0.5, 0.6) is 0 Å². The number of unbranched alkanes of at least 4 members (excludes halogenated alkanes) is 2. The number of hydrogen-bond donors (Lipinski definition) is 2. The number of aliphatic carboxylic acids is 1. The van der Waals surface area contributed by atoms with E-state index in [9.17, 15) is 38.0 Å². The SMILES string of the molecule is CCCC/C=C(\c1ccc([N+](=O)[O-])cc1C)C(O)(CC(=O)N1CCN(c2ccc(CCC(=O)O)cc2)CC1)C(F)(F)F.CCc1ccccc1. The maximum Gasteiger partial charge on any atom is 0.421 e. The lowest BCUT2D eigenvalue weighted by Gasteiger charge is -2.39. The summed E-state index contributed by atoms with van der Waals surface area (Å²) in [6, 6.07) is 21.2. The van der Waals surface area contributed by atoms with Gasteiger partial charge in [0.25, 0.3) is 5.69 Å². The van der Waals surface area contributed by atoms with E-state index in [-0.39, 0.29) is 42.7 Å². The Morgan fingerprint density at radius 2 is 1.58 bits per heavy atom. The van der Waals surface area contributed by atoms with Crippen LogP contribution in [0.2, 0.25) is 0 Å². The molecule has 270 valence electrons. The molecule has 0 saturated carbocycles. The van der Waals surface area contributed by atoms with Gasteiger partial charge in [-0.1, -0.05) is 75.2 Å². The standard InChI is InChI=1S/C30H36F3N3O6.C8H10/c1-3-4-5-6-26(25-13-12-24(36(41)42)19-21(25)2)29(40,30(31,32)33)20-27(37)35-17-15-34(16-18-35)23-10-7-22(8-11-23)9-14-28(38)39;1-2-8-6-4-3-5-7-8/h6-8,10-13,19,40H,3-5,9,14-18,20H2,1-2H3,(H,38,39);3-7H,2H2,1H3/b26-6+;. The summed E-state index contributed by atoms with van der Waals surface area (Å²) in [4.78, 5) is 37.9. The summed E-state index contributed by atoms with van der Waals surface area (Å²) in [5.74, 6) is -1.73. The highest BCUT2D eigenvalue weighted by atomic mass is 19.4. The fourth-order valence-corrected chi connectivity index (χ4v) is 5.75. The first kappa shape index (κ1) is 39.7. The minimum Gasteiger partial charge on any atom is -0.481 e. The maximum atomic E-state index is 14.6. The number of aliphatic hydroxyl groups is 1. The van der Waals surface area contributed by atoms with Gasteiger partial charge in [0.05, 0.1) is 11.3 Å². The van der Waals surface area contributed by atoms with Crippen LogP contribution in [0.25, 0.3) is 5.57 Å². The molecule has 12 heteroatoms. The van der Waals surface area contributed by atoms with Gasteiger partial charge in [-0.15, -0.1) is 0 Å². The van der Waals surface area contributed by atoms with Crippen LogP contribution in [-0.2, 0) is 22.4 Å². The van der Waals surface area contributed by atoms with Crippen molar-refractivity contribution in [3.05, 3.63) is 111 Å². The molecule has 0 aliphatic carbocycles. The van der Waals surface area contributed by atoms with Crippen LogP contribution in [0.3, 0.4) is 0 Å². The molecule has 50 heavy (non-hydrogen) atoms. The number of carboxylic acid groups (broad SMARTS) is 1. The molecule has 1 saturated heterocycles. The average molecular weight is 698 g/mol. The van der Waals surface area contributed by atoms with Crippen LogP contribution in [0.1, 0.15) is 68.2 Å². The molecule has 1 aliphatic rings. The molecular weight excluding hydrogens is 651 g/mol. The summed E-state index contributed by atoms with van der Waals surface area (Å²) in [5.41, 5.74) is -0.954. The van der Waals surface area contributed by atoms with E-state index in [0.29, 0.717) is 32.4 Å². The highest BCUT2D eigenvalue weighted by molar-refractivity contribution is 5.85. The number of nitro groups is 1. The lowest BCUT2D eigenvalue weighted by Crippen LogP contribution is -2.54. The van der Waals surface area contributed by atoms with Crippen molar-refractivity contribution < 1.29 is 37.9 Å². The second-order valence-corrected chi connectivity index (χ2v) is 12.3. The summed E-state index contributed by atoms with van der Waals surface area (Å²) in [7, 11) is 0. The average Bonchev–Trinajstić information content (AvgIpc) is 3.10. The normalized spacial score (nSPS) is 14.7. The predicted molar refractivity (Wildman–Crippen MR) is 188 cm³/mol. The molecule has 1 amide bonds. The smallest absolute Gasteiger partial charge is 0.421 e. The molecule has 3 aromatic carbocycles. The lowest BCUT2D eigenvalue weighted by molar-refractivity contribution is -0.384. The van der Waals surface area contributed by atoms with E-state index in [1.54, 1.807) is 0 Å². The Labute approximate surface area is 291 Å². The molecule has 1 unspecified atom stereocenters. The summed E-state index contributed by atoms with van der Waals surface area (Å²) in [5, 5.41) is 31.3. The number of aryl methyl sites for hydroxylation is 3. The number of alkyl halides is 3. The van der Waals surface area contributed by atoms with Crippen molar-refractivity contribution in [3.8, 4) is 0 Å². The lowest BCUT2D eigenvalue weighted by atomic mass is 9.81. The third-order valence-electron chi connectivity index (χ3n) is 8.75. The van der Waals surface area contributed by atoms with E-state index in [2.05, 4.69) is 31.2 Å².